The van der Waals surface area contributed by atoms with Gasteiger partial charge in [0.05, 0.1) is 4.90 Å². The van der Waals surface area contributed by atoms with Gasteiger partial charge in [-0.3, -0.25) is 9.35 Å². The van der Waals surface area contributed by atoms with Crippen molar-refractivity contribution >= 4 is 50.0 Å². The molecule has 2 rings (SSSR count). The van der Waals surface area contributed by atoms with Crippen LogP contribution < -0.4 is 10.6 Å². The molecule has 0 aromatic heterocycles. The second kappa shape index (κ2) is 8.11. The summed E-state index contributed by atoms with van der Waals surface area (Å²) in [6.07, 6.45) is 1.25. The van der Waals surface area contributed by atoms with Crippen molar-refractivity contribution in [3.05, 3.63) is 63.9 Å². The van der Waals surface area contributed by atoms with Crippen LogP contribution in [0, 0.1) is 14.9 Å². The summed E-state index contributed by atoms with van der Waals surface area (Å²) in [4.78, 5) is 11.8. The summed E-state index contributed by atoms with van der Waals surface area (Å²) in [5.74, 6) is -0.715. The minimum absolute atomic E-state index is 0.135. The number of nitrogens with one attached hydrogen (secondary N) is 2. The molecule has 0 aliphatic heterocycles. The molecule has 0 heterocycles. The van der Waals surface area contributed by atoms with Crippen molar-refractivity contribution < 1.29 is 17.8 Å². The van der Waals surface area contributed by atoms with Crippen molar-refractivity contribution in [2.45, 2.75) is 4.90 Å². The van der Waals surface area contributed by atoms with Crippen LogP contribution in [-0.4, -0.2) is 18.9 Å². The summed E-state index contributed by atoms with van der Waals surface area (Å²) in [6.45, 7) is 0. The van der Waals surface area contributed by atoms with E-state index in [2.05, 4.69) is 33.2 Å². The first kappa shape index (κ1) is 18.9. The predicted octanol–water partition coefficient (Wildman–Crippen LogP) is 3.00. The molecule has 0 atom stereocenters. The summed E-state index contributed by atoms with van der Waals surface area (Å²) >= 11 is 2.16. The average molecular weight is 469 g/mol. The number of hydrogen-bond acceptors (Lipinski definition) is 5. The van der Waals surface area contributed by atoms with Crippen LogP contribution in [0.1, 0.15) is 0 Å². The van der Waals surface area contributed by atoms with Crippen LogP contribution in [0.2, 0.25) is 0 Å². The maximum atomic E-state index is 12.1. The summed E-state index contributed by atoms with van der Waals surface area (Å²) in [5.41, 5.74) is 0.640. The second-order valence-electron chi connectivity index (χ2n) is 4.78. The molecule has 0 saturated heterocycles. The Kier molecular flexibility index (Phi) is 6.13. The first-order valence-corrected chi connectivity index (χ1v) is 9.33. The SMILES string of the molecule is N#C/C(=C/Nc1ccc(I)cc1)C(=O)Nc1cccc(S(=O)(=O)O)c1. The molecule has 1 amide bonds. The van der Waals surface area contributed by atoms with E-state index >= 15 is 0 Å². The van der Waals surface area contributed by atoms with Gasteiger partial charge in [-0.1, -0.05) is 6.07 Å². The summed E-state index contributed by atoms with van der Waals surface area (Å²) in [6, 6.07) is 14.2. The number of carbonyl (C=O) groups excluding carboxylic acids is 1. The Hall–Kier alpha value is -2.42. The quantitative estimate of drug-likeness (QED) is 0.268. The van der Waals surface area contributed by atoms with Crippen LogP contribution in [0.3, 0.4) is 0 Å². The van der Waals surface area contributed by atoms with Gasteiger partial charge < -0.3 is 10.6 Å². The molecule has 0 unspecified atom stereocenters. The van der Waals surface area contributed by atoms with Gasteiger partial charge in [-0.15, -0.1) is 0 Å². The van der Waals surface area contributed by atoms with Crippen molar-refractivity contribution in [1.29, 1.82) is 5.26 Å². The van der Waals surface area contributed by atoms with Gasteiger partial charge in [0.2, 0.25) is 0 Å². The highest BCUT2D eigenvalue weighted by Gasteiger charge is 2.13. The molecular formula is C16H12IN3O4S. The number of halogens is 1. The average Bonchev–Trinajstić information content (AvgIpc) is 2.56. The minimum Gasteiger partial charge on any atom is -0.360 e. The van der Waals surface area contributed by atoms with Crippen molar-refractivity contribution in [2.24, 2.45) is 0 Å². The fourth-order valence-electron chi connectivity index (χ4n) is 1.78. The topological polar surface area (TPSA) is 119 Å². The number of hydrogen-bond donors (Lipinski definition) is 3. The van der Waals surface area contributed by atoms with E-state index in [-0.39, 0.29) is 16.2 Å². The molecule has 3 N–H and O–H groups in total. The molecule has 0 bridgehead atoms. The summed E-state index contributed by atoms with van der Waals surface area (Å²) in [7, 11) is -4.38. The summed E-state index contributed by atoms with van der Waals surface area (Å²) < 4.78 is 32.3. The molecule has 0 saturated carbocycles. The number of carbonyl (C=O) groups is 1. The molecule has 0 aliphatic rings. The predicted molar refractivity (Wildman–Crippen MR) is 101 cm³/mol. The van der Waals surface area contributed by atoms with E-state index in [1.54, 1.807) is 18.2 Å². The lowest BCUT2D eigenvalue weighted by atomic mass is 10.2. The van der Waals surface area contributed by atoms with Crippen LogP contribution in [0.25, 0.3) is 0 Å². The smallest absolute Gasteiger partial charge is 0.294 e. The van der Waals surface area contributed by atoms with Crippen LogP contribution in [-0.2, 0) is 14.9 Å². The second-order valence-corrected chi connectivity index (χ2v) is 7.45. The Morgan fingerprint density at radius 3 is 2.44 bits per heavy atom. The lowest BCUT2D eigenvalue weighted by molar-refractivity contribution is -0.112. The van der Waals surface area contributed by atoms with Gasteiger partial charge >= 0.3 is 0 Å². The van der Waals surface area contributed by atoms with Gasteiger partial charge in [-0.2, -0.15) is 13.7 Å². The van der Waals surface area contributed by atoms with E-state index < -0.39 is 16.0 Å². The Morgan fingerprint density at radius 1 is 1.16 bits per heavy atom. The van der Waals surface area contributed by atoms with Crippen LogP contribution in [0.5, 0.6) is 0 Å². The third-order valence-corrected chi connectivity index (χ3v) is 4.55. The number of amides is 1. The Bertz CT molecular complexity index is 964. The van der Waals surface area contributed by atoms with Gasteiger partial charge in [-0.05, 0) is 65.1 Å². The van der Waals surface area contributed by atoms with Gasteiger partial charge in [0.15, 0.2) is 0 Å². The molecule has 0 aliphatic carbocycles. The molecule has 9 heteroatoms. The zero-order chi connectivity index (χ0) is 18.4. The van der Waals surface area contributed by atoms with Crippen LogP contribution >= 0.6 is 22.6 Å². The molecule has 7 nitrogen and oxygen atoms in total. The van der Waals surface area contributed by atoms with E-state index in [4.69, 9.17) is 9.81 Å². The summed E-state index contributed by atoms with van der Waals surface area (Å²) in [5, 5.41) is 14.4. The maximum absolute atomic E-state index is 12.1. The molecule has 0 fully saturated rings. The third kappa shape index (κ3) is 5.56. The fraction of sp³-hybridized carbons (Fsp3) is 0. The van der Waals surface area contributed by atoms with Gasteiger partial charge in [0.25, 0.3) is 16.0 Å². The van der Waals surface area contributed by atoms with Crippen LogP contribution in [0.4, 0.5) is 11.4 Å². The first-order valence-electron chi connectivity index (χ1n) is 6.81. The molecule has 128 valence electrons. The van der Waals surface area contributed by atoms with Gasteiger partial charge in [0.1, 0.15) is 11.6 Å². The van der Waals surface area contributed by atoms with Crippen molar-refractivity contribution in [3.63, 3.8) is 0 Å². The number of anilines is 2. The molecule has 0 spiro atoms. The van der Waals surface area contributed by atoms with Crippen molar-refractivity contribution in [3.8, 4) is 6.07 Å². The highest BCUT2D eigenvalue weighted by atomic mass is 127. The minimum atomic E-state index is -4.38. The van der Waals surface area contributed by atoms with Crippen molar-refractivity contribution in [1.82, 2.24) is 0 Å². The number of benzene rings is 2. The molecule has 0 radical (unpaired) electrons. The third-order valence-electron chi connectivity index (χ3n) is 2.98. The largest absolute Gasteiger partial charge is 0.360 e. The normalized spacial score (nSPS) is 11.5. The van der Waals surface area contributed by atoms with Gasteiger partial charge in [0, 0.05) is 21.1 Å². The fourth-order valence-corrected chi connectivity index (χ4v) is 2.67. The van der Waals surface area contributed by atoms with Gasteiger partial charge in [-0.25, -0.2) is 0 Å². The molecule has 25 heavy (non-hydrogen) atoms. The highest BCUT2D eigenvalue weighted by molar-refractivity contribution is 14.1. The molecular weight excluding hydrogens is 457 g/mol. The Morgan fingerprint density at radius 2 is 1.84 bits per heavy atom. The van der Waals surface area contributed by atoms with E-state index in [1.807, 2.05) is 12.1 Å². The zero-order valence-corrected chi connectivity index (χ0v) is 15.6. The number of nitrogens with zero attached hydrogens (tertiary/aromatic N) is 1. The van der Waals surface area contributed by atoms with E-state index in [0.717, 1.165) is 9.64 Å². The standard InChI is InChI=1S/C16H12IN3O4S/c17-12-4-6-13(7-5-12)19-10-11(9-18)16(21)20-14-2-1-3-15(8-14)25(22,23)24/h1-8,10,19H,(H,20,21)(H,22,23,24)/b11-10-. The maximum Gasteiger partial charge on any atom is 0.294 e. The Labute approximate surface area is 158 Å². The van der Waals surface area contributed by atoms with Crippen LogP contribution in [0.15, 0.2) is 65.2 Å². The first-order chi connectivity index (χ1) is 11.8. The van der Waals surface area contributed by atoms with E-state index in [0.29, 0.717) is 5.69 Å². The monoisotopic (exact) mass is 469 g/mol. The molecule has 2 aromatic rings. The number of nitriles is 1. The van der Waals surface area contributed by atoms with E-state index in [9.17, 15) is 13.2 Å². The number of rotatable bonds is 5. The lowest BCUT2D eigenvalue weighted by Gasteiger charge is -2.06. The lowest BCUT2D eigenvalue weighted by Crippen LogP contribution is -2.15. The molecule has 2 aromatic carbocycles. The van der Waals surface area contributed by atoms with E-state index in [1.165, 1.54) is 24.4 Å². The zero-order valence-electron chi connectivity index (χ0n) is 12.6. The Balaban J connectivity index is 2.14. The van der Waals surface area contributed by atoms with Crippen molar-refractivity contribution in [2.75, 3.05) is 10.6 Å². The highest BCUT2D eigenvalue weighted by Crippen LogP contribution is 2.16.